The summed E-state index contributed by atoms with van der Waals surface area (Å²) < 4.78 is 0. The van der Waals surface area contributed by atoms with Gasteiger partial charge in [-0.2, -0.15) is 0 Å². The minimum Gasteiger partial charge on any atom is -0.367 e. The number of carbonyl (C=O) groups is 1. The van der Waals surface area contributed by atoms with E-state index < -0.39 is 0 Å². The maximum atomic E-state index is 12.1. The number of rotatable bonds is 3. The zero-order valence-corrected chi connectivity index (χ0v) is 12.4. The van der Waals surface area contributed by atoms with E-state index in [1.165, 1.54) is 0 Å². The molecule has 3 nitrogen and oxygen atoms in total. The van der Waals surface area contributed by atoms with Crippen LogP contribution in [0.4, 0.5) is 5.69 Å². The Morgan fingerprint density at radius 1 is 1.26 bits per heavy atom. The second-order valence-electron chi connectivity index (χ2n) is 5.07. The zero-order valence-electron chi connectivity index (χ0n) is 11.6. The van der Waals surface area contributed by atoms with E-state index in [0.717, 1.165) is 43.3 Å². The van der Waals surface area contributed by atoms with Crippen LogP contribution < -0.4 is 4.90 Å². The Morgan fingerprint density at radius 2 is 1.89 bits per heavy atom. The van der Waals surface area contributed by atoms with Crippen molar-refractivity contribution in [2.24, 2.45) is 5.92 Å². The number of carbonyl (C=O) groups excluding carboxylic acids is 1. The van der Waals surface area contributed by atoms with E-state index in [-0.39, 0.29) is 11.8 Å². The SMILES string of the molecule is CCC(C)C(=O)N1CCN(c2ccccc2Cl)CC1. The summed E-state index contributed by atoms with van der Waals surface area (Å²) in [6.45, 7) is 7.34. The molecule has 0 radical (unpaired) electrons. The molecule has 1 unspecified atom stereocenters. The summed E-state index contributed by atoms with van der Waals surface area (Å²) in [7, 11) is 0. The Hall–Kier alpha value is -1.22. The van der Waals surface area contributed by atoms with Crippen molar-refractivity contribution >= 4 is 23.2 Å². The molecule has 1 aromatic carbocycles. The number of hydrogen-bond donors (Lipinski definition) is 0. The van der Waals surface area contributed by atoms with Gasteiger partial charge in [-0.05, 0) is 18.6 Å². The fourth-order valence-corrected chi connectivity index (χ4v) is 2.62. The lowest BCUT2D eigenvalue weighted by atomic mass is 10.1. The molecule has 1 amide bonds. The van der Waals surface area contributed by atoms with Crippen LogP contribution in [0.25, 0.3) is 0 Å². The minimum absolute atomic E-state index is 0.131. The van der Waals surface area contributed by atoms with Gasteiger partial charge in [0.25, 0.3) is 0 Å². The van der Waals surface area contributed by atoms with Crippen LogP contribution in [0, 0.1) is 5.92 Å². The van der Waals surface area contributed by atoms with Crippen molar-refractivity contribution in [1.82, 2.24) is 4.90 Å². The van der Waals surface area contributed by atoms with E-state index in [4.69, 9.17) is 11.6 Å². The molecule has 4 heteroatoms. The molecule has 0 spiro atoms. The summed E-state index contributed by atoms with van der Waals surface area (Å²) in [5, 5.41) is 0.782. The molecule has 1 aromatic rings. The molecule has 1 aliphatic heterocycles. The summed E-state index contributed by atoms with van der Waals surface area (Å²) >= 11 is 6.21. The van der Waals surface area contributed by atoms with Gasteiger partial charge in [-0.25, -0.2) is 0 Å². The van der Waals surface area contributed by atoms with E-state index in [9.17, 15) is 4.79 Å². The summed E-state index contributed by atoms with van der Waals surface area (Å²) in [6.07, 6.45) is 0.906. The van der Waals surface area contributed by atoms with Gasteiger partial charge in [0.05, 0.1) is 10.7 Å². The average Bonchev–Trinajstić information content (AvgIpc) is 2.46. The summed E-state index contributed by atoms with van der Waals surface area (Å²) in [4.78, 5) is 16.3. The van der Waals surface area contributed by atoms with Crippen LogP contribution in [0.1, 0.15) is 20.3 Å². The predicted octanol–water partition coefficient (Wildman–Crippen LogP) is 3.03. The summed E-state index contributed by atoms with van der Waals surface area (Å²) in [6, 6.07) is 7.88. The molecule has 0 N–H and O–H groups in total. The average molecular weight is 281 g/mol. The first kappa shape index (κ1) is 14.2. The molecule has 0 bridgehead atoms. The number of nitrogens with zero attached hydrogens (tertiary/aromatic N) is 2. The molecule has 19 heavy (non-hydrogen) atoms. The van der Waals surface area contributed by atoms with Gasteiger partial charge in [0, 0.05) is 32.1 Å². The Bertz CT molecular complexity index is 442. The van der Waals surface area contributed by atoms with Crippen molar-refractivity contribution in [3.05, 3.63) is 29.3 Å². The van der Waals surface area contributed by atoms with Gasteiger partial charge in [-0.15, -0.1) is 0 Å². The fourth-order valence-electron chi connectivity index (χ4n) is 2.36. The number of anilines is 1. The number of amides is 1. The van der Waals surface area contributed by atoms with Crippen LogP contribution in [0.15, 0.2) is 24.3 Å². The zero-order chi connectivity index (χ0) is 13.8. The first-order valence-electron chi connectivity index (χ1n) is 6.91. The second-order valence-corrected chi connectivity index (χ2v) is 5.48. The van der Waals surface area contributed by atoms with Crippen molar-refractivity contribution in [1.29, 1.82) is 0 Å². The van der Waals surface area contributed by atoms with E-state index in [2.05, 4.69) is 11.8 Å². The van der Waals surface area contributed by atoms with Crippen LogP contribution in [0.2, 0.25) is 5.02 Å². The molecule has 1 atom stereocenters. The second kappa shape index (κ2) is 6.29. The highest BCUT2D eigenvalue weighted by molar-refractivity contribution is 6.33. The fraction of sp³-hybridized carbons (Fsp3) is 0.533. The van der Waals surface area contributed by atoms with Gasteiger partial charge in [-0.1, -0.05) is 37.6 Å². The van der Waals surface area contributed by atoms with Crippen LogP contribution >= 0.6 is 11.6 Å². The Balaban J connectivity index is 1.96. The molecular formula is C15H21ClN2O. The Kier molecular flexibility index (Phi) is 4.70. The highest BCUT2D eigenvalue weighted by Gasteiger charge is 2.24. The topological polar surface area (TPSA) is 23.6 Å². The number of halogens is 1. The van der Waals surface area contributed by atoms with Crippen LogP contribution in [-0.2, 0) is 4.79 Å². The highest BCUT2D eigenvalue weighted by Crippen LogP contribution is 2.26. The Morgan fingerprint density at radius 3 is 2.47 bits per heavy atom. The van der Waals surface area contributed by atoms with Crippen molar-refractivity contribution in [2.45, 2.75) is 20.3 Å². The van der Waals surface area contributed by atoms with Gasteiger partial charge in [0.2, 0.25) is 5.91 Å². The van der Waals surface area contributed by atoms with Gasteiger partial charge in [0.1, 0.15) is 0 Å². The van der Waals surface area contributed by atoms with Gasteiger partial charge >= 0.3 is 0 Å². The summed E-state index contributed by atoms with van der Waals surface area (Å²) in [5.41, 5.74) is 1.07. The third kappa shape index (κ3) is 3.21. The molecule has 1 fully saturated rings. The smallest absolute Gasteiger partial charge is 0.225 e. The van der Waals surface area contributed by atoms with Gasteiger partial charge < -0.3 is 9.80 Å². The lowest BCUT2D eigenvalue weighted by Crippen LogP contribution is -2.50. The van der Waals surface area contributed by atoms with Gasteiger partial charge in [-0.3, -0.25) is 4.79 Å². The van der Waals surface area contributed by atoms with Crippen molar-refractivity contribution in [3.8, 4) is 0 Å². The molecular weight excluding hydrogens is 260 g/mol. The molecule has 0 saturated carbocycles. The molecule has 1 heterocycles. The first-order chi connectivity index (χ1) is 9.13. The standard InChI is InChI=1S/C15H21ClN2O/c1-3-12(2)15(19)18-10-8-17(9-11-18)14-7-5-4-6-13(14)16/h4-7,12H,3,8-11H2,1-2H3. The van der Waals surface area contributed by atoms with Crippen molar-refractivity contribution in [3.63, 3.8) is 0 Å². The van der Waals surface area contributed by atoms with Crippen molar-refractivity contribution in [2.75, 3.05) is 31.1 Å². The van der Waals surface area contributed by atoms with E-state index in [0.29, 0.717) is 0 Å². The third-order valence-electron chi connectivity index (χ3n) is 3.82. The largest absolute Gasteiger partial charge is 0.367 e. The van der Waals surface area contributed by atoms with Crippen molar-refractivity contribution < 1.29 is 4.79 Å². The van der Waals surface area contributed by atoms with E-state index >= 15 is 0 Å². The molecule has 1 saturated heterocycles. The molecule has 104 valence electrons. The van der Waals surface area contributed by atoms with Gasteiger partial charge in [0.15, 0.2) is 0 Å². The van der Waals surface area contributed by atoms with E-state index in [1.807, 2.05) is 36.1 Å². The first-order valence-corrected chi connectivity index (χ1v) is 7.29. The molecule has 2 rings (SSSR count). The number of piperazine rings is 1. The van der Waals surface area contributed by atoms with Crippen LogP contribution in [0.5, 0.6) is 0 Å². The maximum Gasteiger partial charge on any atom is 0.225 e. The quantitative estimate of drug-likeness (QED) is 0.850. The molecule has 1 aliphatic rings. The third-order valence-corrected chi connectivity index (χ3v) is 4.14. The number of hydrogen-bond acceptors (Lipinski definition) is 2. The summed E-state index contributed by atoms with van der Waals surface area (Å²) in [5.74, 6) is 0.410. The maximum absolute atomic E-state index is 12.1. The van der Waals surface area contributed by atoms with Crippen LogP contribution in [0.3, 0.4) is 0 Å². The Labute approximate surface area is 120 Å². The lowest BCUT2D eigenvalue weighted by Gasteiger charge is -2.37. The predicted molar refractivity (Wildman–Crippen MR) is 79.7 cm³/mol. The normalized spacial score (nSPS) is 17.4. The molecule has 0 aliphatic carbocycles. The number of benzene rings is 1. The minimum atomic E-state index is 0.131. The number of para-hydroxylation sites is 1. The lowest BCUT2D eigenvalue weighted by molar-refractivity contribution is -0.135. The van der Waals surface area contributed by atoms with E-state index in [1.54, 1.807) is 0 Å². The highest BCUT2D eigenvalue weighted by atomic mass is 35.5. The molecule has 0 aromatic heterocycles. The van der Waals surface area contributed by atoms with Crippen LogP contribution in [-0.4, -0.2) is 37.0 Å². The monoisotopic (exact) mass is 280 g/mol.